The van der Waals surface area contributed by atoms with Crippen LogP contribution in [0.1, 0.15) is 11.6 Å². The molecule has 0 aliphatic heterocycles. The van der Waals surface area contributed by atoms with Gasteiger partial charge in [0, 0.05) is 12.6 Å². The van der Waals surface area contributed by atoms with Crippen LogP contribution in [0.4, 0.5) is 0 Å². The average molecular weight is 340 g/mol. The molecule has 5 nitrogen and oxygen atoms in total. The number of sulfonamides is 1. The smallest absolute Gasteiger partial charge is 0.240 e. The van der Waals surface area contributed by atoms with Crippen LogP contribution >= 0.6 is 11.3 Å². The van der Waals surface area contributed by atoms with Crippen LogP contribution in [0.25, 0.3) is 0 Å². The van der Waals surface area contributed by atoms with Gasteiger partial charge in [-0.05, 0) is 60.8 Å². The number of hydrogen-bond acceptors (Lipinski definition) is 5. The van der Waals surface area contributed by atoms with Gasteiger partial charge in [0.25, 0.3) is 0 Å². The molecule has 0 unspecified atom stereocenters. The lowest BCUT2D eigenvalue weighted by molar-refractivity contribution is 0.300. The maximum absolute atomic E-state index is 12.4. The van der Waals surface area contributed by atoms with Crippen LogP contribution in [0.3, 0.4) is 0 Å². The summed E-state index contributed by atoms with van der Waals surface area (Å²) in [5.41, 5.74) is 1.10. The minimum atomic E-state index is -3.53. The second-order valence-corrected chi connectivity index (χ2v) is 7.61. The molecular formula is C15H20N2O3S2. The molecule has 0 aliphatic rings. The first-order valence-electron chi connectivity index (χ1n) is 6.76. The normalized spacial score (nSPS) is 13.3. The van der Waals surface area contributed by atoms with Gasteiger partial charge in [0.2, 0.25) is 10.0 Å². The Hall–Kier alpha value is -1.41. The highest BCUT2D eigenvalue weighted by atomic mass is 32.2. The van der Waals surface area contributed by atoms with Gasteiger partial charge < -0.3 is 9.64 Å². The predicted octanol–water partition coefficient (Wildman–Crippen LogP) is 2.34. The van der Waals surface area contributed by atoms with Crippen LogP contribution in [0.5, 0.6) is 5.75 Å². The molecule has 0 aliphatic carbocycles. The molecule has 1 aromatic heterocycles. The van der Waals surface area contributed by atoms with E-state index in [1.807, 2.05) is 35.8 Å². The SMILES string of the molecule is COc1ccc(S(=O)(=O)NC[C@@H](c2ccsc2)N(C)C)cc1. The largest absolute Gasteiger partial charge is 0.497 e. The van der Waals surface area contributed by atoms with E-state index in [1.165, 1.54) is 12.1 Å². The van der Waals surface area contributed by atoms with Crippen LogP contribution in [0, 0.1) is 0 Å². The first-order chi connectivity index (χ1) is 10.4. The van der Waals surface area contributed by atoms with Gasteiger partial charge in [-0.2, -0.15) is 11.3 Å². The lowest BCUT2D eigenvalue weighted by Gasteiger charge is -2.24. The summed E-state index contributed by atoms with van der Waals surface area (Å²) in [4.78, 5) is 2.23. The topological polar surface area (TPSA) is 58.6 Å². The van der Waals surface area contributed by atoms with Crippen molar-refractivity contribution in [2.75, 3.05) is 27.7 Å². The van der Waals surface area contributed by atoms with Crippen molar-refractivity contribution in [1.29, 1.82) is 0 Å². The van der Waals surface area contributed by atoms with Crippen LogP contribution in [-0.2, 0) is 10.0 Å². The molecule has 0 fully saturated rings. The number of ether oxygens (including phenoxy) is 1. The molecule has 7 heteroatoms. The molecule has 0 amide bonds. The Bertz CT molecular complexity index is 680. The van der Waals surface area contributed by atoms with Gasteiger partial charge in [0.05, 0.1) is 12.0 Å². The first-order valence-corrected chi connectivity index (χ1v) is 9.19. The van der Waals surface area contributed by atoms with Crippen LogP contribution < -0.4 is 9.46 Å². The molecule has 0 saturated heterocycles. The summed E-state index contributed by atoms with van der Waals surface area (Å²) >= 11 is 1.60. The molecule has 0 bridgehead atoms. The third kappa shape index (κ3) is 4.07. The number of nitrogens with zero attached hydrogens (tertiary/aromatic N) is 1. The highest BCUT2D eigenvalue weighted by molar-refractivity contribution is 7.89. The number of benzene rings is 1. The van der Waals surface area contributed by atoms with E-state index in [0.717, 1.165) is 5.56 Å². The summed E-state index contributed by atoms with van der Waals surface area (Å²) in [6.45, 7) is 0.318. The molecule has 0 saturated carbocycles. The third-order valence-electron chi connectivity index (χ3n) is 3.39. The zero-order valence-electron chi connectivity index (χ0n) is 12.8. The molecule has 1 heterocycles. The Morgan fingerprint density at radius 3 is 2.41 bits per heavy atom. The number of rotatable bonds is 7. The maximum Gasteiger partial charge on any atom is 0.240 e. The Kier molecular flexibility index (Phi) is 5.57. The minimum Gasteiger partial charge on any atom is -0.497 e. The average Bonchev–Trinajstić information content (AvgIpc) is 3.01. The van der Waals surface area contributed by atoms with Crippen molar-refractivity contribution in [3.05, 3.63) is 46.7 Å². The van der Waals surface area contributed by atoms with Crippen LogP contribution in [-0.4, -0.2) is 41.1 Å². The minimum absolute atomic E-state index is 0.000673. The Morgan fingerprint density at radius 2 is 1.91 bits per heavy atom. The first kappa shape index (κ1) is 17.0. The molecule has 1 aromatic carbocycles. The summed E-state index contributed by atoms with van der Waals surface area (Å²) in [6.07, 6.45) is 0. The summed E-state index contributed by atoms with van der Waals surface area (Å²) in [7, 11) is 1.88. The second kappa shape index (κ2) is 7.23. The standard InChI is InChI=1S/C15H20N2O3S2/c1-17(2)15(12-8-9-21-11-12)10-16-22(18,19)14-6-4-13(20-3)5-7-14/h4-9,11,15-16H,10H2,1-3H3/t15-/m0/s1. The van der Waals surface area contributed by atoms with E-state index in [-0.39, 0.29) is 10.9 Å². The number of hydrogen-bond donors (Lipinski definition) is 1. The van der Waals surface area contributed by atoms with Crippen molar-refractivity contribution >= 4 is 21.4 Å². The van der Waals surface area contributed by atoms with Gasteiger partial charge in [-0.15, -0.1) is 0 Å². The number of thiophene rings is 1. The predicted molar refractivity (Wildman–Crippen MR) is 88.9 cm³/mol. The molecule has 1 N–H and O–H groups in total. The van der Waals surface area contributed by atoms with E-state index in [0.29, 0.717) is 12.3 Å². The van der Waals surface area contributed by atoms with Crippen molar-refractivity contribution < 1.29 is 13.2 Å². The van der Waals surface area contributed by atoms with Crippen molar-refractivity contribution in [2.45, 2.75) is 10.9 Å². The quantitative estimate of drug-likeness (QED) is 0.840. The monoisotopic (exact) mass is 340 g/mol. The lowest BCUT2D eigenvalue weighted by Crippen LogP contribution is -2.34. The summed E-state index contributed by atoms with van der Waals surface area (Å²) < 4.78 is 32.4. The van der Waals surface area contributed by atoms with E-state index in [9.17, 15) is 8.42 Å². The lowest BCUT2D eigenvalue weighted by atomic mass is 10.1. The zero-order chi connectivity index (χ0) is 16.2. The molecule has 0 radical (unpaired) electrons. The van der Waals surface area contributed by atoms with Gasteiger partial charge in [0.15, 0.2) is 0 Å². The Balaban J connectivity index is 2.10. The second-order valence-electron chi connectivity index (χ2n) is 5.06. The molecule has 1 atom stereocenters. The van der Waals surface area contributed by atoms with E-state index >= 15 is 0 Å². The van der Waals surface area contributed by atoms with E-state index in [4.69, 9.17) is 4.74 Å². The number of likely N-dealkylation sites (N-methyl/N-ethyl adjacent to an activating group) is 1. The fourth-order valence-corrected chi connectivity index (χ4v) is 3.84. The Morgan fingerprint density at radius 1 is 1.23 bits per heavy atom. The van der Waals surface area contributed by atoms with Crippen LogP contribution in [0.2, 0.25) is 0 Å². The number of nitrogens with one attached hydrogen (secondary N) is 1. The maximum atomic E-state index is 12.4. The molecule has 120 valence electrons. The number of methoxy groups -OCH3 is 1. The van der Waals surface area contributed by atoms with Crippen molar-refractivity contribution in [1.82, 2.24) is 9.62 Å². The van der Waals surface area contributed by atoms with E-state index in [1.54, 1.807) is 30.6 Å². The molecule has 2 aromatic rings. The van der Waals surface area contributed by atoms with Crippen LogP contribution in [0.15, 0.2) is 46.0 Å². The summed E-state index contributed by atoms with van der Waals surface area (Å²) in [5.74, 6) is 0.628. The fourth-order valence-electron chi connectivity index (χ4n) is 2.09. The van der Waals surface area contributed by atoms with Gasteiger partial charge >= 0.3 is 0 Å². The van der Waals surface area contributed by atoms with Crippen molar-refractivity contribution in [3.8, 4) is 5.75 Å². The summed E-state index contributed by atoms with van der Waals surface area (Å²) in [5, 5.41) is 4.02. The molecule has 2 rings (SSSR count). The zero-order valence-corrected chi connectivity index (χ0v) is 14.4. The summed E-state index contributed by atoms with van der Waals surface area (Å²) in [6, 6.07) is 8.36. The fraction of sp³-hybridized carbons (Fsp3) is 0.333. The van der Waals surface area contributed by atoms with E-state index in [2.05, 4.69) is 4.72 Å². The third-order valence-corrected chi connectivity index (χ3v) is 5.53. The highest BCUT2D eigenvalue weighted by Gasteiger charge is 2.20. The van der Waals surface area contributed by atoms with Gasteiger partial charge in [0.1, 0.15) is 5.75 Å². The van der Waals surface area contributed by atoms with Crippen molar-refractivity contribution in [2.24, 2.45) is 0 Å². The highest BCUT2D eigenvalue weighted by Crippen LogP contribution is 2.21. The Labute approximate surface area is 135 Å². The van der Waals surface area contributed by atoms with Gasteiger partial charge in [-0.3, -0.25) is 0 Å². The van der Waals surface area contributed by atoms with E-state index < -0.39 is 10.0 Å². The molecule has 22 heavy (non-hydrogen) atoms. The molecule has 0 spiro atoms. The molecular weight excluding hydrogens is 320 g/mol. The van der Waals surface area contributed by atoms with Crippen molar-refractivity contribution in [3.63, 3.8) is 0 Å². The van der Waals surface area contributed by atoms with Gasteiger partial charge in [-0.1, -0.05) is 0 Å². The van der Waals surface area contributed by atoms with Gasteiger partial charge in [-0.25, -0.2) is 13.1 Å².